The van der Waals surface area contributed by atoms with Gasteiger partial charge in [0.2, 0.25) is 0 Å². The van der Waals surface area contributed by atoms with E-state index in [1.807, 2.05) is 12.3 Å². The fourth-order valence-corrected chi connectivity index (χ4v) is 1.29. The SMILES string of the molecule is C=Cc1cnc(C(C)(C)C)nc1C=CCC. The van der Waals surface area contributed by atoms with Crippen LogP contribution in [-0.4, -0.2) is 9.97 Å². The minimum atomic E-state index is -0.0193. The van der Waals surface area contributed by atoms with Gasteiger partial charge in [-0.2, -0.15) is 0 Å². The van der Waals surface area contributed by atoms with Crippen molar-refractivity contribution in [3.63, 3.8) is 0 Å². The number of aromatic nitrogens is 2. The minimum absolute atomic E-state index is 0.0193. The lowest BCUT2D eigenvalue weighted by molar-refractivity contribution is 0.544. The quantitative estimate of drug-likeness (QED) is 0.767. The van der Waals surface area contributed by atoms with Gasteiger partial charge in [-0.3, -0.25) is 0 Å². The second-order valence-corrected chi connectivity index (χ2v) is 4.80. The summed E-state index contributed by atoms with van der Waals surface area (Å²) in [5.41, 5.74) is 1.92. The Kier molecular flexibility index (Phi) is 3.99. The highest BCUT2D eigenvalue weighted by atomic mass is 14.9. The number of rotatable bonds is 3. The van der Waals surface area contributed by atoms with Crippen LogP contribution in [0.3, 0.4) is 0 Å². The predicted molar refractivity (Wildman–Crippen MR) is 70.1 cm³/mol. The molecule has 0 aliphatic carbocycles. The fourth-order valence-electron chi connectivity index (χ4n) is 1.29. The lowest BCUT2D eigenvalue weighted by atomic mass is 9.95. The van der Waals surface area contributed by atoms with Crippen LogP contribution in [0.25, 0.3) is 12.2 Å². The molecule has 16 heavy (non-hydrogen) atoms. The van der Waals surface area contributed by atoms with Gasteiger partial charge in [-0.05, 0) is 12.5 Å². The summed E-state index contributed by atoms with van der Waals surface area (Å²) < 4.78 is 0. The van der Waals surface area contributed by atoms with E-state index >= 15 is 0 Å². The van der Waals surface area contributed by atoms with Gasteiger partial charge < -0.3 is 0 Å². The van der Waals surface area contributed by atoms with E-state index in [0.717, 1.165) is 23.5 Å². The number of hydrogen-bond acceptors (Lipinski definition) is 2. The molecule has 0 bridgehead atoms. The Labute approximate surface area is 98.1 Å². The highest BCUT2D eigenvalue weighted by Gasteiger charge is 2.17. The Morgan fingerprint density at radius 2 is 2.06 bits per heavy atom. The first-order valence-electron chi connectivity index (χ1n) is 5.65. The van der Waals surface area contributed by atoms with Gasteiger partial charge in [0.05, 0.1) is 5.69 Å². The Hall–Kier alpha value is -1.44. The molecule has 2 nitrogen and oxygen atoms in total. The molecule has 0 saturated heterocycles. The molecular weight excluding hydrogens is 196 g/mol. The van der Waals surface area contributed by atoms with Gasteiger partial charge in [0.25, 0.3) is 0 Å². The van der Waals surface area contributed by atoms with Gasteiger partial charge in [0.1, 0.15) is 5.82 Å². The highest BCUT2D eigenvalue weighted by Crippen LogP contribution is 2.20. The average Bonchev–Trinajstić information content (AvgIpc) is 2.24. The van der Waals surface area contributed by atoms with Crippen molar-refractivity contribution in [2.75, 3.05) is 0 Å². The van der Waals surface area contributed by atoms with Gasteiger partial charge in [-0.15, -0.1) is 0 Å². The monoisotopic (exact) mass is 216 g/mol. The van der Waals surface area contributed by atoms with Crippen molar-refractivity contribution < 1.29 is 0 Å². The summed E-state index contributed by atoms with van der Waals surface area (Å²) >= 11 is 0. The van der Waals surface area contributed by atoms with Crippen LogP contribution in [0.2, 0.25) is 0 Å². The van der Waals surface area contributed by atoms with Crippen molar-refractivity contribution in [3.05, 3.63) is 35.9 Å². The van der Waals surface area contributed by atoms with Gasteiger partial charge in [0, 0.05) is 17.2 Å². The molecule has 0 aliphatic rings. The molecule has 0 N–H and O–H groups in total. The van der Waals surface area contributed by atoms with Crippen LogP contribution >= 0.6 is 0 Å². The molecular formula is C14H20N2. The predicted octanol–water partition coefficient (Wildman–Crippen LogP) is 3.84. The molecule has 0 unspecified atom stereocenters. The summed E-state index contributed by atoms with van der Waals surface area (Å²) in [7, 11) is 0. The summed E-state index contributed by atoms with van der Waals surface area (Å²) in [4.78, 5) is 8.96. The Morgan fingerprint density at radius 1 is 1.38 bits per heavy atom. The van der Waals surface area contributed by atoms with Crippen LogP contribution < -0.4 is 0 Å². The molecule has 1 heterocycles. The largest absolute Gasteiger partial charge is 0.240 e. The van der Waals surface area contributed by atoms with Crippen molar-refractivity contribution in [2.45, 2.75) is 39.5 Å². The zero-order valence-electron chi connectivity index (χ0n) is 10.6. The molecule has 1 rings (SSSR count). The molecule has 0 aromatic carbocycles. The molecule has 1 aromatic rings. The minimum Gasteiger partial charge on any atom is -0.240 e. The lowest BCUT2D eigenvalue weighted by Crippen LogP contribution is -2.16. The van der Waals surface area contributed by atoms with Crippen LogP contribution in [0.1, 0.15) is 51.2 Å². The zero-order valence-corrected chi connectivity index (χ0v) is 10.6. The maximum absolute atomic E-state index is 4.58. The lowest BCUT2D eigenvalue weighted by Gasteiger charge is -2.17. The van der Waals surface area contributed by atoms with E-state index in [2.05, 4.69) is 50.3 Å². The summed E-state index contributed by atoms with van der Waals surface area (Å²) in [6.45, 7) is 12.2. The van der Waals surface area contributed by atoms with E-state index in [4.69, 9.17) is 0 Å². The zero-order chi connectivity index (χ0) is 12.2. The number of allylic oxidation sites excluding steroid dienone is 1. The average molecular weight is 216 g/mol. The summed E-state index contributed by atoms with van der Waals surface area (Å²) in [5, 5.41) is 0. The van der Waals surface area contributed by atoms with Gasteiger partial charge in [-0.1, -0.05) is 46.4 Å². The van der Waals surface area contributed by atoms with Gasteiger partial charge in [-0.25, -0.2) is 9.97 Å². The van der Waals surface area contributed by atoms with Crippen molar-refractivity contribution in [1.29, 1.82) is 0 Å². The number of nitrogens with zero attached hydrogens (tertiary/aromatic N) is 2. The maximum Gasteiger partial charge on any atom is 0.134 e. The van der Waals surface area contributed by atoms with Crippen LogP contribution in [-0.2, 0) is 5.41 Å². The van der Waals surface area contributed by atoms with Crippen LogP contribution in [0, 0.1) is 0 Å². The molecule has 0 saturated carbocycles. The molecule has 86 valence electrons. The first kappa shape index (κ1) is 12.6. The van der Waals surface area contributed by atoms with E-state index in [1.54, 1.807) is 6.08 Å². The van der Waals surface area contributed by atoms with Crippen molar-refractivity contribution in [3.8, 4) is 0 Å². The first-order valence-corrected chi connectivity index (χ1v) is 5.65. The fraction of sp³-hybridized carbons (Fsp3) is 0.429. The van der Waals surface area contributed by atoms with Crippen molar-refractivity contribution >= 4 is 12.2 Å². The molecule has 0 atom stereocenters. The highest BCUT2D eigenvalue weighted by molar-refractivity contribution is 5.60. The molecule has 0 aliphatic heterocycles. The second kappa shape index (κ2) is 5.06. The van der Waals surface area contributed by atoms with Gasteiger partial charge >= 0.3 is 0 Å². The van der Waals surface area contributed by atoms with E-state index in [-0.39, 0.29) is 5.41 Å². The first-order chi connectivity index (χ1) is 7.49. The maximum atomic E-state index is 4.58. The standard InChI is InChI=1S/C14H20N2/c1-6-8-9-12-11(7-2)10-15-13(16-12)14(3,4)5/h7-10H,2,6H2,1,3-5H3. The Morgan fingerprint density at radius 3 is 2.56 bits per heavy atom. The van der Waals surface area contributed by atoms with Crippen molar-refractivity contribution in [2.24, 2.45) is 0 Å². The van der Waals surface area contributed by atoms with Gasteiger partial charge in [0.15, 0.2) is 0 Å². The van der Waals surface area contributed by atoms with Crippen LogP contribution in [0.15, 0.2) is 18.9 Å². The summed E-state index contributed by atoms with van der Waals surface area (Å²) in [6.07, 6.45) is 8.78. The Bertz CT molecular complexity index is 398. The van der Waals surface area contributed by atoms with Crippen molar-refractivity contribution in [1.82, 2.24) is 9.97 Å². The van der Waals surface area contributed by atoms with E-state index < -0.39 is 0 Å². The second-order valence-electron chi connectivity index (χ2n) is 4.80. The smallest absolute Gasteiger partial charge is 0.134 e. The van der Waals surface area contributed by atoms with E-state index in [9.17, 15) is 0 Å². The molecule has 2 heteroatoms. The third-order valence-electron chi connectivity index (χ3n) is 2.25. The molecule has 0 amide bonds. The molecule has 0 spiro atoms. The van der Waals surface area contributed by atoms with E-state index in [0.29, 0.717) is 0 Å². The third kappa shape index (κ3) is 3.02. The normalized spacial score (nSPS) is 12.0. The number of hydrogen-bond donors (Lipinski definition) is 0. The summed E-state index contributed by atoms with van der Waals surface area (Å²) in [5.74, 6) is 0.869. The van der Waals surface area contributed by atoms with Crippen LogP contribution in [0.4, 0.5) is 0 Å². The van der Waals surface area contributed by atoms with Crippen LogP contribution in [0.5, 0.6) is 0 Å². The Balaban J connectivity index is 3.21. The third-order valence-corrected chi connectivity index (χ3v) is 2.25. The molecule has 0 fully saturated rings. The molecule has 0 radical (unpaired) electrons. The molecule has 1 aromatic heterocycles. The van der Waals surface area contributed by atoms with E-state index in [1.165, 1.54) is 0 Å². The summed E-state index contributed by atoms with van der Waals surface area (Å²) in [6, 6.07) is 0. The topological polar surface area (TPSA) is 25.8 Å².